The summed E-state index contributed by atoms with van der Waals surface area (Å²) in [5.74, 6) is -0.346. The maximum absolute atomic E-state index is 13.6. The molecule has 1 N–H and O–H groups in total. The number of hydrogen-bond donors (Lipinski definition) is 1. The monoisotopic (exact) mass is 275 g/mol. The lowest BCUT2D eigenvalue weighted by Crippen LogP contribution is -2.18. The van der Waals surface area contributed by atoms with E-state index in [9.17, 15) is 17.6 Å². The maximum Gasteiger partial charge on any atom is 0.416 e. The Kier molecular flexibility index (Phi) is 4.32. The van der Waals surface area contributed by atoms with Gasteiger partial charge in [0, 0.05) is 6.54 Å². The van der Waals surface area contributed by atoms with Crippen molar-refractivity contribution in [2.45, 2.75) is 38.3 Å². The second kappa shape index (κ2) is 5.80. The van der Waals surface area contributed by atoms with E-state index >= 15 is 0 Å². The highest BCUT2D eigenvalue weighted by atomic mass is 19.4. The van der Waals surface area contributed by atoms with E-state index in [0.717, 1.165) is 18.9 Å². The van der Waals surface area contributed by atoms with Crippen LogP contribution in [0.3, 0.4) is 0 Å². The molecule has 0 amide bonds. The summed E-state index contributed by atoms with van der Waals surface area (Å²) in [6, 6.07) is 2.62. The summed E-state index contributed by atoms with van der Waals surface area (Å²) in [6.07, 6.45) is 1.32. The summed E-state index contributed by atoms with van der Waals surface area (Å²) in [7, 11) is 0. The van der Waals surface area contributed by atoms with Crippen LogP contribution in [0.15, 0.2) is 18.2 Å². The molecule has 1 aromatic carbocycles. The molecule has 0 aliphatic heterocycles. The SMILES string of the molecule is Fc1cc(C(F)(F)F)ccc1NCC1CCCCC1. The van der Waals surface area contributed by atoms with Gasteiger partial charge in [0.15, 0.2) is 0 Å². The Morgan fingerprint density at radius 3 is 2.37 bits per heavy atom. The van der Waals surface area contributed by atoms with Crippen molar-refractivity contribution in [3.8, 4) is 0 Å². The van der Waals surface area contributed by atoms with Crippen LogP contribution in [-0.2, 0) is 6.18 Å². The van der Waals surface area contributed by atoms with Crippen LogP contribution in [0.1, 0.15) is 37.7 Å². The molecule has 1 aliphatic rings. The molecule has 0 radical (unpaired) electrons. The standard InChI is InChI=1S/C14H17F4N/c15-12-8-11(14(16,17)18)6-7-13(12)19-9-10-4-2-1-3-5-10/h6-8,10,19H,1-5,9H2. The highest BCUT2D eigenvalue weighted by molar-refractivity contribution is 5.46. The summed E-state index contributed by atoms with van der Waals surface area (Å²) < 4.78 is 50.7. The number of nitrogens with one attached hydrogen (secondary N) is 1. The molecular formula is C14H17F4N. The minimum atomic E-state index is -4.50. The molecular weight excluding hydrogens is 258 g/mol. The Morgan fingerprint density at radius 1 is 1.11 bits per heavy atom. The van der Waals surface area contributed by atoms with Gasteiger partial charge < -0.3 is 5.32 Å². The first-order chi connectivity index (χ1) is 8.97. The molecule has 0 aromatic heterocycles. The van der Waals surface area contributed by atoms with Crippen LogP contribution in [0, 0.1) is 11.7 Å². The van der Waals surface area contributed by atoms with Gasteiger partial charge in [0.05, 0.1) is 11.3 Å². The summed E-state index contributed by atoms with van der Waals surface area (Å²) in [5, 5.41) is 2.92. The molecule has 106 valence electrons. The van der Waals surface area contributed by atoms with E-state index in [1.54, 1.807) is 0 Å². The van der Waals surface area contributed by atoms with Crippen molar-refractivity contribution in [1.82, 2.24) is 0 Å². The molecule has 1 aliphatic carbocycles. The van der Waals surface area contributed by atoms with Gasteiger partial charge in [-0.15, -0.1) is 0 Å². The van der Waals surface area contributed by atoms with Gasteiger partial charge >= 0.3 is 6.18 Å². The fraction of sp³-hybridized carbons (Fsp3) is 0.571. The van der Waals surface area contributed by atoms with E-state index < -0.39 is 17.6 Å². The van der Waals surface area contributed by atoms with Crippen molar-refractivity contribution in [1.29, 1.82) is 0 Å². The van der Waals surface area contributed by atoms with E-state index in [4.69, 9.17) is 0 Å². The van der Waals surface area contributed by atoms with Crippen molar-refractivity contribution in [3.05, 3.63) is 29.6 Å². The lowest BCUT2D eigenvalue weighted by Gasteiger charge is -2.22. The van der Waals surface area contributed by atoms with Crippen molar-refractivity contribution in [2.24, 2.45) is 5.92 Å². The number of anilines is 1. The number of alkyl halides is 3. The van der Waals surface area contributed by atoms with Crippen molar-refractivity contribution in [2.75, 3.05) is 11.9 Å². The number of halogens is 4. The fourth-order valence-electron chi connectivity index (χ4n) is 2.48. The minimum absolute atomic E-state index is 0.151. The largest absolute Gasteiger partial charge is 0.416 e. The minimum Gasteiger partial charge on any atom is -0.382 e. The van der Waals surface area contributed by atoms with Gasteiger partial charge in [-0.3, -0.25) is 0 Å². The average Bonchev–Trinajstić information content (AvgIpc) is 2.37. The molecule has 1 nitrogen and oxygen atoms in total. The Balaban J connectivity index is 1.97. The van der Waals surface area contributed by atoms with Crippen LogP contribution in [0.25, 0.3) is 0 Å². The molecule has 1 aromatic rings. The summed E-state index contributed by atoms with van der Waals surface area (Å²) in [6.45, 7) is 0.627. The molecule has 0 atom stereocenters. The quantitative estimate of drug-likeness (QED) is 0.778. The normalized spacial score (nSPS) is 17.5. The predicted molar refractivity (Wildman–Crippen MR) is 66.5 cm³/mol. The number of rotatable bonds is 3. The van der Waals surface area contributed by atoms with Crippen LogP contribution < -0.4 is 5.32 Å². The predicted octanol–water partition coefficient (Wildman–Crippen LogP) is 4.84. The second-order valence-corrected chi connectivity index (χ2v) is 5.08. The van der Waals surface area contributed by atoms with E-state index in [2.05, 4.69) is 5.32 Å². The third-order valence-electron chi connectivity index (χ3n) is 3.60. The van der Waals surface area contributed by atoms with E-state index in [1.165, 1.54) is 25.3 Å². The van der Waals surface area contributed by atoms with Crippen LogP contribution in [-0.4, -0.2) is 6.54 Å². The summed E-state index contributed by atoms with van der Waals surface area (Å²) in [4.78, 5) is 0. The highest BCUT2D eigenvalue weighted by Gasteiger charge is 2.31. The van der Waals surface area contributed by atoms with Crippen LogP contribution in [0.2, 0.25) is 0 Å². The second-order valence-electron chi connectivity index (χ2n) is 5.08. The van der Waals surface area contributed by atoms with E-state index in [0.29, 0.717) is 18.5 Å². The maximum atomic E-state index is 13.6. The van der Waals surface area contributed by atoms with Gasteiger partial charge in [0.1, 0.15) is 5.82 Å². The van der Waals surface area contributed by atoms with E-state index in [1.807, 2.05) is 0 Å². The van der Waals surface area contributed by atoms with Gasteiger partial charge in [-0.05, 0) is 37.0 Å². The average molecular weight is 275 g/mol. The summed E-state index contributed by atoms with van der Waals surface area (Å²) in [5.41, 5.74) is -0.799. The Bertz CT molecular complexity index is 422. The molecule has 19 heavy (non-hydrogen) atoms. The van der Waals surface area contributed by atoms with Gasteiger partial charge in [-0.2, -0.15) is 13.2 Å². The Morgan fingerprint density at radius 2 is 1.79 bits per heavy atom. The molecule has 0 heterocycles. The molecule has 0 bridgehead atoms. The zero-order valence-electron chi connectivity index (χ0n) is 10.6. The first-order valence-corrected chi connectivity index (χ1v) is 6.57. The summed E-state index contributed by atoms with van der Waals surface area (Å²) >= 11 is 0. The number of benzene rings is 1. The molecule has 0 unspecified atom stereocenters. The molecule has 2 rings (SSSR count). The smallest absolute Gasteiger partial charge is 0.382 e. The van der Waals surface area contributed by atoms with Crippen molar-refractivity contribution >= 4 is 5.69 Å². The molecule has 1 saturated carbocycles. The fourth-order valence-corrected chi connectivity index (χ4v) is 2.48. The highest BCUT2D eigenvalue weighted by Crippen LogP contribution is 2.31. The van der Waals surface area contributed by atoms with Crippen LogP contribution >= 0.6 is 0 Å². The zero-order valence-corrected chi connectivity index (χ0v) is 10.6. The van der Waals surface area contributed by atoms with Gasteiger partial charge in [0.25, 0.3) is 0 Å². The van der Waals surface area contributed by atoms with Crippen LogP contribution in [0.5, 0.6) is 0 Å². The molecule has 1 fully saturated rings. The van der Waals surface area contributed by atoms with Gasteiger partial charge in [-0.1, -0.05) is 19.3 Å². The Labute approximate surface area is 110 Å². The number of hydrogen-bond acceptors (Lipinski definition) is 1. The third-order valence-corrected chi connectivity index (χ3v) is 3.60. The lowest BCUT2D eigenvalue weighted by atomic mass is 9.89. The molecule has 0 spiro atoms. The van der Waals surface area contributed by atoms with Crippen LogP contribution in [0.4, 0.5) is 23.2 Å². The topological polar surface area (TPSA) is 12.0 Å². The van der Waals surface area contributed by atoms with Gasteiger partial charge in [0.2, 0.25) is 0 Å². The third kappa shape index (κ3) is 3.85. The zero-order chi connectivity index (χ0) is 13.9. The first kappa shape index (κ1) is 14.2. The van der Waals surface area contributed by atoms with Crippen molar-refractivity contribution in [3.63, 3.8) is 0 Å². The first-order valence-electron chi connectivity index (χ1n) is 6.57. The van der Waals surface area contributed by atoms with Gasteiger partial charge in [-0.25, -0.2) is 4.39 Å². The molecule has 0 saturated heterocycles. The Hall–Kier alpha value is -1.26. The molecule has 5 heteroatoms. The lowest BCUT2D eigenvalue weighted by molar-refractivity contribution is -0.137. The van der Waals surface area contributed by atoms with E-state index in [-0.39, 0.29) is 5.69 Å². The van der Waals surface area contributed by atoms with Crippen molar-refractivity contribution < 1.29 is 17.6 Å².